The Morgan fingerprint density at radius 3 is 2.77 bits per heavy atom. The molecule has 0 saturated heterocycles. The quantitative estimate of drug-likeness (QED) is 0.277. The van der Waals surface area contributed by atoms with Crippen LogP contribution in [0.2, 0.25) is 0 Å². The summed E-state index contributed by atoms with van der Waals surface area (Å²) < 4.78 is 18.2. The Kier molecular flexibility index (Phi) is 11.9. The Morgan fingerprint density at radius 2 is 2.09 bits per heavy atom. The van der Waals surface area contributed by atoms with Gasteiger partial charge in [-0.05, 0) is 30.5 Å². The fraction of sp³-hybridized carbons (Fsp3) is 0.562. The van der Waals surface area contributed by atoms with Gasteiger partial charge >= 0.3 is 0 Å². The van der Waals surface area contributed by atoms with Gasteiger partial charge in [0.1, 0.15) is 0 Å². The number of nitrogens with two attached hydrogens (primary N) is 1. The minimum Gasteiger partial charge on any atom is -0.494 e. The summed E-state index contributed by atoms with van der Waals surface area (Å²) in [6, 6.07) is 4.87. The lowest BCUT2D eigenvalue weighted by molar-refractivity contribution is 0.386. The molecular weight excluding hydrogens is 396 g/mol. The monoisotopic (exact) mass is 423 g/mol. The first-order valence-electron chi connectivity index (χ1n) is 7.53. The molecule has 0 aliphatic rings. The highest BCUT2D eigenvalue weighted by molar-refractivity contribution is 14.0. The van der Waals surface area contributed by atoms with Gasteiger partial charge in [-0.3, -0.25) is 4.99 Å². The third-order valence-corrected chi connectivity index (χ3v) is 3.23. The lowest BCUT2D eigenvalue weighted by Gasteiger charge is -2.08. The summed E-state index contributed by atoms with van der Waals surface area (Å²) >= 11 is 0. The molecule has 0 radical (unpaired) electrons. The first-order chi connectivity index (χ1) is 10.2. The van der Waals surface area contributed by atoms with Crippen molar-refractivity contribution in [3.8, 4) is 5.75 Å². The molecule has 0 heterocycles. The molecule has 1 aromatic rings. The highest BCUT2D eigenvalue weighted by Gasteiger charge is 2.03. The van der Waals surface area contributed by atoms with Crippen LogP contribution >= 0.6 is 24.0 Å². The van der Waals surface area contributed by atoms with Crippen molar-refractivity contribution in [1.29, 1.82) is 0 Å². The van der Waals surface area contributed by atoms with E-state index in [1.807, 2.05) is 0 Å². The molecule has 0 amide bonds. The van der Waals surface area contributed by atoms with Crippen LogP contribution in [0.1, 0.15) is 38.2 Å². The summed E-state index contributed by atoms with van der Waals surface area (Å²) in [5.74, 6) is 0.396. The van der Waals surface area contributed by atoms with Crippen molar-refractivity contribution in [3.05, 3.63) is 29.6 Å². The van der Waals surface area contributed by atoms with Gasteiger partial charge in [0.15, 0.2) is 17.5 Å². The first kappa shape index (κ1) is 20.9. The average molecular weight is 423 g/mol. The lowest BCUT2D eigenvalue weighted by atomic mass is 10.1. The number of nitrogens with zero attached hydrogens (tertiary/aromatic N) is 1. The Hall–Kier alpha value is -1.05. The van der Waals surface area contributed by atoms with Crippen molar-refractivity contribution >= 4 is 29.9 Å². The van der Waals surface area contributed by atoms with E-state index in [9.17, 15) is 4.39 Å². The van der Waals surface area contributed by atoms with E-state index < -0.39 is 0 Å². The molecular formula is C16H27FIN3O. The molecule has 0 spiro atoms. The molecule has 4 nitrogen and oxygen atoms in total. The Morgan fingerprint density at radius 1 is 1.32 bits per heavy atom. The second-order valence-electron chi connectivity index (χ2n) is 4.97. The molecule has 22 heavy (non-hydrogen) atoms. The number of guanidine groups is 1. The van der Waals surface area contributed by atoms with Gasteiger partial charge in [-0.15, -0.1) is 24.0 Å². The Bertz CT molecular complexity index is 455. The standard InChI is InChI=1S/C16H26FN3O.HI/c1-3-4-5-6-10-19-16(18)20-11-9-13-7-8-14(17)15(12-13)21-2;/h7-8,12H,3-6,9-11H2,1-2H3,(H3,18,19,20);1H. The van der Waals surface area contributed by atoms with E-state index in [-0.39, 0.29) is 35.5 Å². The van der Waals surface area contributed by atoms with Crippen molar-refractivity contribution in [2.75, 3.05) is 20.2 Å². The van der Waals surface area contributed by atoms with Crippen LogP contribution in [-0.2, 0) is 6.42 Å². The fourth-order valence-corrected chi connectivity index (χ4v) is 1.99. The third kappa shape index (κ3) is 8.41. The summed E-state index contributed by atoms with van der Waals surface area (Å²) in [6.07, 6.45) is 5.48. The lowest BCUT2D eigenvalue weighted by Crippen LogP contribution is -2.33. The minimum atomic E-state index is -0.345. The molecule has 6 heteroatoms. The van der Waals surface area contributed by atoms with Crippen LogP contribution in [0.4, 0.5) is 4.39 Å². The number of nitrogens with one attached hydrogen (secondary N) is 1. The Labute approximate surface area is 149 Å². The number of aliphatic imine (C=N–C) groups is 1. The van der Waals surface area contributed by atoms with E-state index in [0.29, 0.717) is 12.5 Å². The van der Waals surface area contributed by atoms with Crippen LogP contribution < -0.4 is 15.8 Å². The maximum atomic E-state index is 13.3. The van der Waals surface area contributed by atoms with Crippen molar-refractivity contribution in [1.82, 2.24) is 5.32 Å². The fourth-order valence-electron chi connectivity index (χ4n) is 1.99. The number of ether oxygens (including phenoxy) is 1. The predicted octanol–water partition coefficient (Wildman–Crippen LogP) is 3.48. The van der Waals surface area contributed by atoms with Gasteiger partial charge in [0, 0.05) is 13.1 Å². The van der Waals surface area contributed by atoms with E-state index in [1.165, 1.54) is 32.4 Å². The number of rotatable bonds is 9. The van der Waals surface area contributed by atoms with E-state index >= 15 is 0 Å². The molecule has 0 atom stereocenters. The van der Waals surface area contributed by atoms with Crippen LogP contribution in [0, 0.1) is 5.82 Å². The number of benzene rings is 1. The van der Waals surface area contributed by atoms with Gasteiger partial charge in [0.25, 0.3) is 0 Å². The zero-order chi connectivity index (χ0) is 15.5. The van der Waals surface area contributed by atoms with Gasteiger partial charge < -0.3 is 15.8 Å². The van der Waals surface area contributed by atoms with Gasteiger partial charge in [0.05, 0.1) is 7.11 Å². The van der Waals surface area contributed by atoms with Crippen molar-refractivity contribution in [3.63, 3.8) is 0 Å². The van der Waals surface area contributed by atoms with E-state index in [2.05, 4.69) is 17.2 Å². The number of methoxy groups -OCH3 is 1. The Balaban J connectivity index is 0.00000441. The average Bonchev–Trinajstić information content (AvgIpc) is 2.48. The zero-order valence-corrected chi connectivity index (χ0v) is 15.7. The summed E-state index contributed by atoms with van der Waals surface area (Å²) in [4.78, 5) is 4.27. The molecule has 0 unspecified atom stereocenters. The maximum absolute atomic E-state index is 13.3. The summed E-state index contributed by atoms with van der Waals surface area (Å²) in [6.45, 7) is 3.62. The van der Waals surface area contributed by atoms with Crippen LogP contribution in [0.3, 0.4) is 0 Å². The second kappa shape index (κ2) is 12.5. The van der Waals surface area contributed by atoms with Crippen LogP contribution in [0.25, 0.3) is 0 Å². The smallest absolute Gasteiger partial charge is 0.188 e. The van der Waals surface area contributed by atoms with Crippen molar-refractivity contribution in [2.24, 2.45) is 10.7 Å². The normalized spacial score (nSPS) is 11.0. The molecule has 0 saturated carbocycles. The third-order valence-electron chi connectivity index (χ3n) is 3.23. The summed E-state index contributed by atoms with van der Waals surface area (Å²) in [7, 11) is 1.46. The number of halogens is 2. The molecule has 0 aliphatic heterocycles. The van der Waals surface area contributed by atoms with Gasteiger partial charge in [0.2, 0.25) is 0 Å². The topological polar surface area (TPSA) is 59.6 Å². The van der Waals surface area contributed by atoms with Crippen LogP contribution in [-0.4, -0.2) is 26.2 Å². The van der Waals surface area contributed by atoms with Gasteiger partial charge in [-0.25, -0.2) is 4.39 Å². The van der Waals surface area contributed by atoms with E-state index in [1.54, 1.807) is 12.1 Å². The number of hydrogen-bond donors (Lipinski definition) is 2. The maximum Gasteiger partial charge on any atom is 0.188 e. The summed E-state index contributed by atoms with van der Waals surface area (Å²) in [5, 5.41) is 3.07. The van der Waals surface area contributed by atoms with E-state index in [0.717, 1.165) is 24.9 Å². The van der Waals surface area contributed by atoms with Crippen LogP contribution in [0.15, 0.2) is 23.2 Å². The molecule has 1 aromatic carbocycles. The largest absolute Gasteiger partial charge is 0.494 e. The first-order valence-corrected chi connectivity index (χ1v) is 7.53. The van der Waals surface area contributed by atoms with E-state index in [4.69, 9.17) is 10.5 Å². The van der Waals surface area contributed by atoms with Gasteiger partial charge in [-0.2, -0.15) is 0 Å². The summed E-state index contributed by atoms with van der Waals surface area (Å²) in [5.41, 5.74) is 6.78. The number of unbranched alkanes of at least 4 members (excludes halogenated alkanes) is 3. The molecule has 0 bridgehead atoms. The van der Waals surface area contributed by atoms with Crippen molar-refractivity contribution < 1.29 is 9.13 Å². The highest BCUT2D eigenvalue weighted by atomic mass is 127. The molecule has 0 aliphatic carbocycles. The number of hydrogen-bond acceptors (Lipinski definition) is 2. The molecule has 3 N–H and O–H groups in total. The SMILES string of the molecule is CCCCCCN=C(N)NCCc1ccc(F)c(OC)c1.I. The van der Waals surface area contributed by atoms with Crippen LogP contribution in [0.5, 0.6) is 5.75 Å². The minimum absolute atomic E-state index is 0. The highest BCUT2D eigenvalue weighted by Crippen LogP contribution is 2.18. The van der Waals surface area contributed by atoms with Gasteiger partial charge in [-0.1, -0.05) is 32.3 Å². The van der Waals surface area contributed by atoms with Crippen molar-refractivity contribution in [2.45, 2.75) is 39.0 Å². The molecule has 0 aromatic heterocycles. The zero-order valence-electron chi connectivity index (χ0n) is 13.4. The molecule has 0 fully saturated rings. The molecule has 1 rings (SSSR count). The second-order valence-corrected chi connectivity index (χ2v) is 4.97. The molecule has 126 valence electrons. The predicted molar refractivity (Wildman–Crippen MR) is 101 cm³/mol.